The number of anilines is 1. The van der Waals surface area contributed by atoms with E-state index in [9.17, 15) is 31.9 Å². The summed E-state index contributed by atoms with van der Waals surface area (Å²) in [5.74, 6) is -3.11. The highest BCUT2D eigenvalue weighted by molar-refractivity contribution is 5.96. The van der Waals surface area contributed by atoms with Crippen LogP contribution in [0.15, 0.2) is 48.5 Å². The number of halogens is 4. The summed E-state index contributed by atoms with van der Waals surface area (Å²) in [6.07, 6.45) is -2.21. The van der Waals surface area contributed by atoms with Crippen molar-refractivity contribution in [3.8, 4) is 0 Å². The van der Waals surface area contributed by atoms with Gasteiger partial charge in [-0.05, 0) is 74.9 Å². The molecule has 3 atom stereocenters. The molecule has 0 unspecified atom stereocenters. The number of Topliss-reactive ketones (excluding diaryl/α,β-unsaturated/α-hetero) is 1. The van der Waals surface area contributed by atoms with Gasteiger partial charge in [0, 0.05) is 36.9 Å². The Bertz CT molecular complexity index is 1220. The molecule has 2 aromatic rings. The maximum absolute atomic E-state index is 13.3. The lowest BCUT2D eigenvalue weighted by atomic mass is 9.89. The highest BCUT2D eigenvalue weighted by Crippen LogP contribution is 2.29. The molecule has 2 aliphatic heterocycles. The van der Waals surface area contributed by atoms with Crippen molar-refractivity contribution in [1.29, 1.82) is 0 Å². The number of carbonyl (C=O) groups excluding carboxylic acids is 3. The van der Waals surface area contributed by atoms with Gasteiger partial charge in [-0.25, -0.2) is 14.0 Å². The minimum Gasteiger partial charge on any atom is -0.379 e. The van der Waals surface area contributed by atoms with Crippen molar-refractivity contribution < 1.29 is 41.5 Å². The van der Waals surface area contributed by atoms with Crippen LogP contribution in [-0.4, -0.2) is 72.8 Å². The average molecular weight is 580 g/mol. The van der Waals surface area contributed by atoms with Gasteiger partial charge in [0.25, 0.3) is 0 Å². The number of ether oxygens (including phenoxy) is 1. The third-order valence-corrected chi connectivity index (χ3v) is 7.43. The van der Waals surface area contributed by atoms with Crippen LogP contribution < -0.4 is 5.32 Å². The minimum atomic E-state index is -5.32. The largest absolute Gasteiger partial charge is 0.493 e. The lowest BCUT2D eigenvalue weighted by molar-refractivity contribution is -0.240. The number of alkyl halides is 3. The molecule has 2 aromatic carbocycles. The number of hydrogen-bond acceptors (Lipinski definition) is 6. The molecule has 0 radical (unpaired) electrons. The van der Waals surface area contributed by atoms with Crippen LogP contribution in [0.1, 0.15) is 42.1 Å². The van der Waals surface area contributed by atoms with Gasteiger partial charge in [0.15, 0.2) is 5.78 Å². The average Bonchev–Trinajstić information content (AvgIpc) is 2.93. The van der Waals surface area contributed by atoms with Crippen LogP contribution in [0.5, 0.6) is 0 Å². The van der Waals surface area contributed by atoms with Gasteiger partial charge in [0.1, 0.15) is 5.82 Å². The number of rotatable bonds is 7. The Labute approximate surface area is 235 Å². The van der Waals surface area contributed by atoms with Crippen LogP contribution in [-0.2, 0) is 20.8 Å². The van der Waals surface area contributed by atoms with E-state index in [2.05, 4.69) is 15.1 Å². The van der Waals surface area contributed by atoms with Gasteiger partial charge in [0.2, 0.25) is 0 Å². The Morgan fingerprint density at radius 2 is 1.88 bits per heavy atom. The summed E-state index contributed by atoms with van der Waals surface area (Å²) in [6, 6.07) is 10.2. The fraction of sp³-hybridized carbons (Fsp3) is 0.483. The number of piperidine rings is 1. The quantitative estimate of drug-likeness (QED) is 0.274. The molecule has 2 aliphatic rings. The fourth-order valence-corrected chi connectivity index (χ4v) is 5.40. The Balaban J connectivity index is 1.49. The summed E-state index contributed by atoms with van der Waals surface area (Å²) in [7, 11) is 0. The second-order valence-electron chi connectivity index (χ2n) is 10.6. The summed E-state index contributed by atoms with van der Waals surface area (Å²) in [5.41, 5.74) is 1.47. The molecule has 41 heavy (non-hydrogen) atoms. The zero-order chi connectivity index (χ0) is 29.6. The molecule has 8 nitrogen and oxygen atoms in total. The Morgan fingerprint density at radius 3 is 2.59 bits per heavy atom. The van der Waals surface area contributed by atoms with Gasteiger partial charge in [-0.2, -0.15) is 13.2 Å². The van der Waals surface area contributed by atoms with E-state index in [1.807, 2.05) is 0 Å². The number of ketones is 1. The van der Waals surface area contributed by atoms with Crippen molar-refractivity contribution in [2.75, 3.05) is 38.2 Å². The van der Waals surface area contributed by atoms with E-state index in [0.29, 0.717) is 36.1 Å². The van der Waals surface area contributed by atoms with Crippen LogP contribution in [0.3, 0.4) is 0 Å². The summed E-state index contributed by atoms with van der Waals surface area (Å²) in [5, 5.41) is 2.88. The van der Waals surface area contributed by atoms with Gasteiger partial charge < -0.3 is 19.8 Å². The van der Waals surface area contributed by atoms with Crippen molar-refractivity contribution in [1.82, 2.24) is 9.96 Å². The minimum absolute atomic E-state index is 0.121. The lowest BCUT2D eigenvalue weighted by Crippen LogP contribution is -2.55. The number of nitrogens with zero attached hydrogens (tertiary/aromatic N) is 2. The number of benzene rings is 2. The van der Waals surface area contributed by atoms with Crippen molar-refractivity contribution in [2.45, 2.75) is 44.8 Å². The van der Waals surface area contributed by atoms with Crippen LogP contribution in [0.4, 0.5) is 28.0 Å². The number of nitrogens with one attached hydrogen (secondary N) is 1. The molecule has 2 amide bonds. The molecule has 0 bridgehead atoms. The van der Waals surface area contributed by atoms with E-state index >= 15 is 0 Å². The molecule has 12 heteroatoms. The first-order valence-electron chi connectivity index (χ1n) is 13.5. The number of hydrogen-bond donors (Lipinski definition) is 1. The number of likely N-dealkylation sites (tertiary alicyclic amines) is 1. The van der Waals surface area contributed by atoms with Crippen LogP contribution >= 0.6 is 0 Å². The maximum Gasteiger partial charge on any atom is 0.493 e. The molecular formula is C29H33F4N3O5. The smallest absolute Gasteiger partial charge is 0.379 e. The van der Waals surface area contributed by atoms with E-state index < -0.39 is 24.2 Å². The first-order chi connectivity index (χ1) is 19.5. The Morgan fingerprint density at radius 1 is 1.12 bits per heavy atom. The molecule has 4 rings (SSSR count). The number of carbonyl (C=O) groups is 3. The van der Waals surface area contributed by atoms with Crippen molar-refractivity contribution >= 4 is 23.5 Å². The normalized spacial score (nSPS) is 21.6. The molecule has 0 saturated carbocycles. The third kappa shape index (κ3) is 8.49. The zero-order valence-electron chi connectivity index (χ0n) is 22.7. The van der Waals surface area contributed by atoms with Gasteiger partial charge in [0.05, 0.1) is 12.6 Å². The molecule has 2 heterocycles. The monoisotopic (exact) mass is 579 g/mol. The Hall–Kier alpha value is -3.51. The highest BCUT2D eigenvalue weighted by atomic mass is 19.4. The molecular weight excluding hydrogens is 546 g/mol. The number of urea groups is 1. The SMILES string of the molecule is CC(=O)c1cccc(NC(=O)N(OC(=O)C(F)(F)F)[C@@H]2COCC[C@H]2CN2CCC[C@@H](Cc3ccc(F)cc3)C2)c1. The second-order valence-corrected chi connectivity index (χ2v) is 10.6. The van der Waals surface area contributed by atoms with Gasteiger partial charge in [-0.3, -0.25) is 4.79 Å². The summed E-state index contributed by atoms with van der Waals surface area (Å²) in [4.78, 5) is 43.7. The van der Waals surface area contributed by atoms with Crippen molar-refractivity contribution in [2.24, 2.45) is 11.8 Å². The van der Waals surface area contributed by atoms with Crippen molar-refractivity contribution in [3.05, 3.63) is 65.5 Å². The molecule has 2 fully saturated rings. The van der Waals surface area contributed by atoms with Crippen LogP contribution in [0, 0.1) is 17.7 Å². The number of amides is 2. The van der Waals surface area contributed by atoms with Crippen LogP contribution in [0.25, 0.3) is 0 Å². The highest BCUT2D eigenvalue weighted by Gasteiger charge is 2.46. The van der Waals surface area contributed by atoms with Crippen LogP contribution in [0.2, 0.25) is 0 Å². The van der Waals surface area contributed by atoms with Gasteiger partial charge >= 0.3 is 18.2 Å². The molecule has 0 spiro atoms. The van der Waals surface area contributed by atoms with E-state index in [1.54, 1.807) is 12.1 Å². The molecule has 222 valence electrons. The molecule has 1 N–H and O–H groups in total. The van der Waals surface area contributed by atoms with E-state index in [0.717, 1.165) is 37.9 Å². The topological polar surface area (TPSA) is 88.2 Å². The molecule has 0 aliphatic carbocycles. The lowest BCUT2D eigenvalue weighted by Gasteiger charge is -2.41. The van der Waals surface area contributed by atoms with E-state index in [4.69, 9.17) is 4.74 Å². The molecule has 0 aromatic heterocycles. The predicted molar refractivity (Wildman–Crippen MR) is 141 cm³/mol. The predicted octanol–water partition coefficient (Wildman–Crippen LogP) is 5.24. The first kappa shape index (κ1) is 30.4. The first-order valence-corrected chi connectivity index (χ1v) is 13.5. The Kier molecular flexibility index (Phi) is 9.98. The van der Waals surface area contributed by atoms with E-state index in [1.165, 1.54) is 43.3 Å². The summed E-state index contributed by atoms with van der Waals surface area (Å²) < 4.78 is 58.4. The van der Waals surface area contributed by atoms with E-state index in [-0.39, 0.29) is 29.8 Å². The third-order valence-electron chi connectivity index (χ3n) is 7.43. The second kappa shape index (κ2) is 13.4. The zero-order valence-corrected chi connectivity index (χ0v) is 22.7. The van der Waals surface area contributed by atoms with Gasteiger partial charge in [-0.15, -0.1) is 5.06 Å². The summed E-state index contributed by atoms with van der Waals surface area (Å²) >= 11 is 0. The standard InChI is InChI=1S/C29H33F4N3O5/c1-19(37)22-5-2-6-25(15-22)34-28(39)36(41-27(38)29(31,32)33)26-18-40-13-11-23(26)17-35-12-3-4-21(16-35)14-20-7-9-24(30)10-8-20/h2,5-10,15,21,23,26H,3-4,11-14,16-18H2,1H3,(H,34,39)/t21-,23-,26+/m0/s1. The van der Waals surface area contributed by atoms with Gasteiger partial charge in [-0.1, -0.05) is 24.3 Å². The number of hydroxylamine groups is 2. The molecule has 2 saturated heterocycles. The fourth-order valence-electron chi connectivity index (χ4n) is 5.40. The maximum atomic E-state index is 13.3. The van der Waals surface area contributed by atoms with Crippen molar-refractivity contribution in [3.63, 3.8) is 0 Å². The summed E-state index contributed by atoms with van der Waals surface area (Å²) in [6.45, 7) is 3.53.